The summed E-state index contributed by atoms with van der Waals surface area (Å²) in [6, 6.07) is 19.2. The van der Waals surface area contributed by atoms with Crippen molar-refractivity contribution in [2.75, 3.05) is 25.4 Å². The largest absolute Gasteiger partial charge is 0.361 e. The normalized spacial score (nSPS) is 13.7. The van der Waals surface area contributed by atoms with E-state index in [2.05, 4.69) is 79.3 Å². The Hall–Kier alpha value is -3.20. The second-order valence-electron chi connectivity index (χ2n) is 10.1. The number of benzene rings is 2. The molecule has 202 valence electrons. The maximum atomic E-state index is 5.27. The standard InChI is InChI=1S/C30H32N6OS.ClH/c1-20-5-6-24-19-26(9-10-27(24)31-20)29-32-33-30(35(29)3)38-16-4-13-36-14-11-22-7-8-25(18-23(22)12-15-36)28-17-21(2)37-34-28;/h5-10,17-19H,4,11-16H2,1-3H3;1H. The van der Waals surface area contributed by atoms with E-state index < -0.39 is 0 Å². The average Bonchev–Trinajstić information content (AvgIpc) is 3.46. The smallest absolute Gasteiger partial charge is 0.191 e. The Balaban J connectivity index is 0.00000308. The third-order valence-corrected chi connectivity index (χ3v) is 8.40. The van der Waals surface area contributed by atoms with Crippen LogP contribution < -0.4 is 0 Å². The number of fused-ring (bicyclic) bond motifs is 2. The minimum atomic E-state index is 0. The van der Waals surface area contributed by atoms with Gasteiger partial charge >= 0.3 is 0 Å². The molecule has 1 aliphatic heterocycles. The fourth-order valence-electron chi connectivity index (χ4n) is 5.17. The third-order valence-electron chi connectivity index (χ3n) is 7.30. The molecule has 0 unspecified atom stereocenters. The summed E-state index contributed by atoms with van der Waals surface area (Å²) in [5.41, 5.74) is 8.05. The number of thioether (sulfide) groups is 1. The van der Waals surface area contributed by atoms with Gasteiger partial charge in [-0.25, -0.2) is 0 Å². The molecule has 5 aromatic rings. The van der Waals surface area contributed by atoms with Crippen LogP contribution in [-0.4, -0.2) is 55.2 Å². The zero-order valence-corrected chi connectivity index (χ0v) is 24.2. The lowest BCUT2D eigenvalue weighted by Gasteiger charge is -2.19. The molecule has 0 fully saturated rings. The maximum absolute atomic E-state index is 5.27. The summed E-state index contributed by atoms with van der Waals surface area (Å²) in [7, 11) is 2.05. The first kappa shape index (κ1) is 27.4. The quantitative estimate of drug-likeness (QED) is 0.171. The van der Waals surface area contributed by atoms with Crippen molar-refractivity contribution >= 4 is 35.1 Å². The summed E-state index contributed by atoms with van der Waals surface area (Å²) in [6.07, 6.45) is 3.28. The minimum absolute atomic E-state index is 0. The van der Waals surface area contributed by atoms with Gasteiger partial charge in [-0.3, -0.25) is 4.98 Å². The number of halogens is 1. The SMILES string of the molecule is Cc1ccc2cc(-c3nnc(SCCCN4CCc5ccc(-c6cc(C)on6)cc5CC4)n3C)ccc2n1.Cl. The number of hydrogen-bond donors (Lipinski definition) is 0. The molecule has 9 heteroatoms. The molecule has 0 aliphatic carbocycles. The Kier molecular flexibility index (Phi) is 8.35. The minimum Gasteiger partial charge on any atom is -0.361 e. The Morgan fingerprint density at radius 1 is 0.897 bits per heavy atom. The highest BCUT2D eigenvalue weighted by Crippen LogP contribution is 2.27. The van der Waals surface area contributed by atoms with Gasteiger partial charge in [-0.2, -0.15) is 0 Å². The third kappa shape index (κ3) is 6.03. The Bertz CT molecular complexity index is 1600. The summed E-state index contributed by atoms with van der Waals surface area (Å²) in [6.45, 7) is 7.23. The van der Waals surface area contributed by atoms with Crippen molar-refractivity contribution in [1.29, 1.82) is 0 Å². The van der Waals surface area contributed by atoms with Gasteiger partial charge in [-0.05, 0) is 81.1 Å². The molecule has 0 bridgehead atoms. The van der Waals surface area contributed by atoms with E-state index in [1.165, 1.54) is 11.1 Å². The molecule has 0 spiro atoms. The van der Waals surface area contributed by atoms with Crippen LogP contribution in [0.5, 0.6) is 0 Å². The lowest BCUT2D eigenvalue weighted by atomic mass is 9.99. The summed E-state index contributed by atoms with van der Waals surface area (Å²) >= 11 is 1.79. The summed E-state index contributed by atoms with van der Waals surface area (Å²) in [4.78, 5) is 7.20. The first-order valence-corrected chi connectivity index (χ1v) is 14.2. The second-order valence-corrected chi connectivity index (χ2v) is 11.1. The number of aryl methyl sites for hydroxylation is 2. The molecule has 0 atom stereocenters. The van der Waals surface area contributed by atoms with Crippen molar-refractivity contribution in [2.24, 2.45) is 7.05 Å². The predicted octanol–water partition coefficient (Wildman–Crippen LogP) is 6.31. The lowest BCUT2D eigenvalue weighted by Crippen LogP contribution is -2.27. The van der Waals surface area contributed by atoms with E-state index in [0.717, 1.165) is 94.8 Å². The lowest BCUT2D eigenvalue weighted by molar-refractivity contribution is 0.289. The Morgan fingerprint density at radius 2 is 1.72 bits per heavy atom. The van der Waals surface area contributed by atoms with Gasteiger partial charge in [0.25, 0.3) is 0 Å². The van der Waals surface area contributed by atoms with Gasteiger partial charge < -0.3 is 14.0 Å². The van der Waals surface area contributed by atoms with E-state index >= 15 is 0 Å². The number of aromatic nitrogens is 5. The highest BCUT2D eigenvalue weighted by atomic mass is 35.5. The van der Waals surface area contributed by atoms with Crippen LogP contribution in [-0.2, 0) is 19.9 Å². The molecule has 0 saturated heterocycles. The number of rotatable bonds is 7. The molecular weight excluding hydrogens is 528 g/mol. The van der Waals surface area contributed by atoms with Crippen LogP contribution in [0.3, 0.4) is 0 Å². The molecular formula is C30H33ClN6OS. The van der Waals surface area contributed by atoms with Crippen LogP contribution in [0, 0.1) is 13.8 Å². The Labute approximate surface area is 239 Å². The zero-order chi connectivity index (χ0) is 26.1. The van der Waals surface area contributed by atoms with Crippen LogP contribution in [0.25, 0.3) is 33.5 Å². The predicted molar refractivity (Wildman–Crippen MR) is 160 cm³/mol. The number of hydrogen-bond acceptors (Lipinski definition) is 7. The number of pyridine rings is 1. The van der Waals surface area contributed by atoms with Crippen molar-refractivity contribution < 1.29 is 4.52 Å². The monoisotopic (exact) mass is 560 g/mol. The van der Waals surface area contributed by atoms with Gasteiger partial charge in [-0.15, -0.1) is 22.6 Å². The molecule has 6 rings (SSSR count). The van der Waals surface area contributed by atoms with Crippen molar-refractivity contribution in [2.45, 2.75) is 38.3 Å². The topological polar surface area (TPSA) is 72.9 Å². The maximum Gasteiger partial charge on any atom is 0.191 e. The molecule has 4 heterocycles. The highest BCUT2D eigenvalue weighted by Gasteiger charge is 2.16. The highest BCUT2D eigenvalue weighted by molar-refractivity contribution is 7.99. The van der Waals surface area contributed by atoms with E-state index in [-0.39, 0.29) is 12.4 Å². The van der Waals surface area contributed by atoms with Crippen molar-refractivity contribution in [1.82, 2.24) is 29.8 Å². The van der Waals surface area contributed by atoms with Gasteiger partial charge in [0.05, 0.1) is 5.52 Å². The van der Waals surface area contributed by atoms with E-state index in [1.54, 1.807) is 11.8 Å². The van der Waals surface area contributed by atoms with Crippen LogP contribution in [0.1, 0.15) is 29.0 Å². The van der Waals surface area contributed by atoms with E-state index in [1.807, 2.05) is 26.0 Å². The van der Waals surface area contributed by atoms with Crippen molar-refractivity contribution in [3.8, 4) is 22.6 Å². The van der Waals surface area contributed by atoms with Crippen molar-refractivity contribution in [3.63, 3.8) is 0 Å². The van der Waals surface area contributed by atoms with Crippen LogP contribution in [0.2, 0.25) is 0 Å². The first-order chi connectivity index (χ1) is 18.5. The molecule has 3 aromatic heterocycles. The van der Waals surface area contributed by atoms with Gasteiger partial charge in [0.2, 0.25) is 0 Å². The Morgan fingerprint density at radius 3 is 2.54 bits per heavy atom. The van der Waals surface area contributed by atoms with Gasteiger partial charge in [0, 0.05) is 54.2 Å². The molecule has 0 N–H and O–H groups in total. The summed E-state index contributed by atoms with van der Waals surface area (Å²) in [5.74, 6) is 2.75. The summed E-state index contributed by atoms with van der Waals surface area (Å²) < 4.78 is 7.37. The fraction of sp³-hybridized carbons (Fsp3) is 0.333. The molecule has 1 aliphatic rings. The van der Waals surface area contributed by atoms with Gasteiger partial charge in [0.15, 0.2) is 11.0 Å². The molecule has 7 nitrogen and oxygen atoms in total. The molecule has 39 heavy (non-hydrogen) atoms. The van der Waals surface area contributed by atoms with Crippen LogP contribution in [0.15, 0.2) is 64.3 Å². The van der Waals surface area contributed by atoms with Gasteiger partial charge in [0.1, 0.15) is 11.5 Å². The van der Waals surface area contributed by atoms with Gasteiger partial charge in [-0.1, -0.05) is 35.1 Å². The molecule has 0 amide bonds. The van der Waals surface area contributed by atoms with E-state index in [9.17, 15) is 0 Å². The summed E-state index contributed by atoms with van der Waals surface area (Å²) in [5, 5.41) is 15.2. The first-order valence-electron chi connectivity index (χ1n) is 13.2. The fourth-order valence-corrected chi connectivity index (χ4v) is 6.00. The molecule has 2 aromatic carbocycles. The average molecular weight is 561 g/mol. The van der Waals surface area contributed by atoms with Crippen molar-refractivity contribution in [3.05, 3.63) is 77.2 Å². The number of nitrogens with zero attached hydrogens (tertiary/aromatic N) is 6. The van der Waals surface area contributed by atoms with Crippen LogP contribution in [0.4, 0.5) is 0 Å². The molecule has 0 radical (unpaired) electrons. The van der Waals surface area contributed by atoms with E-state index in [0.29, 0.717) is 0 Å². The second kappa shape index (κ2) is 11.9. The molecule has 0 saturated carbocycles. The van der Waals surface area contributed by atoms with Crippen LogP contribution >= 0.6 is 24.2 Å². The zero-order valence-electron chi connectivity index (χ0n) is 22.6. The van der Waals surface area contributed by atoms with E-state index in [4.69, 9.17) is 4.52 Å².